The van der Waals surface area contributed by atoms with Crippen LogP contribution in [0.25, 0.3) is 0 Å². The Bertz CT molecular complexity index is 1390. The van der Waals surface area contributed by atoms with E-state index in [0.717, 1.165) is 22.4 Å². The summed E-state index contributed by atoms with van der Waals surface area (Å²) in [5.74, 6) is 1.62. The minimum Gasteiger partial charge on any atom is -0.497 e. The van der Waals surface area contributed by atoms with Gasteiger partial charge in [-0.1, -0.05) is 18.2 Å². The molecular formula is C28H29N3O5. The second-order valence-corrected chi connectivity index (χ2v) is 9.74. The number of ketones is 1. The molecule has 5 rings (SSSR count). The number of hydrogen-bond acceptors (Lipinski definition) is 6. The summed E-state index contributed by atoms with van der Waals surface area (Å²) in [4.78, 5) is 47.4. The molecule has 0 bridgehead atoms. The highest BCUT2D eigenvalue weighted by Crippen LogP contribution is 2.41. The third kappa shape index (κ3) is 4.63. The Hall–Kier alpha value is -3.94. The number of aryl methyl sites for hydroxylation is 2. The van der Waals surface area contributed by atoms with Gasteiger partial charge in [0.25, 0.3) is 11.5 Å². The lowest BCUT2D eigenvalue weighted by Gasteiger charge is -2.44. The van der Waals surface area contributed by atoms with Gasteiger partial charge in [0.15, 0.2) is 5.78 Å². The number of ether oxygens (including phenoxy) is 2. The van der Waals surface area contributed by atoms with Crippen molar-refractivity contribution in [2.24, 2.45) is 0 Å². The lowest BCUT2D eigenvalue weighted by atomic mass is 9.81. The number of Topliss-reactive ketones (excluding diaryl/α,β-unsaturated/α-hetero) is 1. The number of rotatable bonds is 4. The molecule has 36 heavy (non-hydrogen) atoms. The summed E-state index contributed by atoms with van der Waals surface area (Å²) in [5, 5.41) is 0. The lowest BCUT2D eigenvalue weighted by Crippen LogP contribution is -2.52. The van der Waals surface area contributed by atoms with Gasteiger partial charge in [0, 0.05) is 38.4 Å². The molecule has 1 spiro atoms. The van der Waals surface area contributed by atoms with Crippen molar-refractivity contribution in [2.45, 2.75) is 45.1 Å². The van der Waals surface area contributed by atoms with E-state index < -0.39 is 5.60 Å². The second kappa shape index (κ2) is 9.26. The number of carbonyl (C=O) groups is 2. The lowest BCUT2D eigenvalue weighted by molar-refractivity contribution is -0.00635. The first kappa shape index (κ1) is 23.8. The van der Waals surface area contributed by atoms with E-state index in [1.54, 1.807) is 12.0 Å². The van der Waals surface area contributed by atoms with Crippen LogP contribution in [0.2, 0.25) is 0 Å². The summed E-state index contributed by atoms with van der Waals surface area (Å²) >= 11 is 0. The molecule has 0 aliphatic carbocycles. The number of amides is 1. The fourth-order valence-electron chi connectivity index (χ4n) is 5.13. The second-order valence-electron chi connectivity index (χ2n) is 9.74. The minimum absolute atomic E-state index is 0.0854. The van der Waals surface area contributed by atoms with E-state index in [-0.39, 0.29) is 22.9 Å². The van der Waals surface area contributed by atoms with Crippen LogP contribution in [0.4, 0.5) is 0 Å². The third-order valence-corrected chi connectivity index (χ3v) is 7.02. The number of hydrogen-bond donors (Lipinski definition) is 1. The maximum atomic E-state index is 13.3. The number of H-pyrrole nitrogens is 1. The zero-order valence-corrected chi connectivity index (χ0v) is 20.7. The molecule has 8 nitrogen and oxygen atoms in total. The molecule has 3 aromatic rings. The van der Waals surface area contributed by atoms with Crippen molar-refractivity contribution in [2.75, 3.05) is 20.2 Å². The predicted molar refractivity (Wildman–Crippen MR) is 134 cm³/mol. The highest BCUT2D eigenvalue weighted by atomic mass is 16.5. The van der Waals surface area contributed by atoms with Crippen molar-refractivity contribution in [1.29, 1.82) is 0 Å². The van der Waals surface area contributed by atoms with Crippen LogP contribution in [-0.4, -0.2) is 52.4 Å². The monoisotopic (exact) mass is 487 g/mol. The Kier molecular flexibility index (Phi) is 6.12. The van der Waals surface area contributed by atoms with E-state index in [2.05, 4.69) is 9.97 Å². The molecule has 2 aliphatic rings. The van der Waals surface area contributed by atoms with Crippen LogP contribution < -0.4 is 15.0 Å². The number of aromatic nitrogens is 2. The highest BCUT2D eigenvalue weighted by Gasteiger charge is 2.44. The van der Waals surface area contributed by atoms with Gasteiger partial charge in [-0.05, 0) is 48.7 Å². The van der Waals surface area contributed by atoms with E-state index in [4.69, 9.17) is 9.47 Å². The summed E-state index contributed by atoms with van der Waals surface area (Å²) in [5.41, 5.74) is 2.72. The molecule has 186 valence electrons. The van der Waals surface area contributed by atoms with Gasteiger partial charge in [0.05, 0.1) is 19.1 Å². The van der Waals surface area contributed by atoms with Crippen LogP contribution in [0.15, 0.2) is 47.3 Å². The largest absolute Gasteiger partial charge is 0.497 e. The topological polar surface area (TPSA) is 102 Å². The van der Waals surface area contributed by atoms with Crippen LogP contribution in [-0.2, 0) is 6.42 Å². The molecule has 2 aromatic carbocycles. The van der Waals surface area contributed by atoms with Crippen LogP contribution in [0.5, 0.6) is 11.5 Å². The number of likely N-dealkylation sites (tertiary alicyclic amines) is 1. The first-order valence-electron chi connectivity index (χ1n) is 12.1. The number of fused-ring (bicyclic) bond motifs is 1. The third-order valence-electron chi connectivity index (χ3n) is 7.02. The van der Waals surface area contributed by atoms with Crippen LogP contribution in [0.3, 0.4) is 0 Å². The minimum atomic E-state index is -0.609. The fraction of sp³-hybridized carbons (Fsp3) is 0.357. The molecule has 0 unspecified atom stereocenters. The maximum absolute atomic E-state index is 13.3. The Morgan fingerprint density at radius 1 is 1.11 bits per heavy atom. The Morgan fingerprint density at radius 3 is 2.53 bits per heavy atom. The molecule has 0 radical (unpaired) electrons. The average Bonchev–Trinajstić information content (AvgIpc) is 2.85. The van der Waals surface area contributed by atoms with E-state index in [1.165, 1.54) is 6.07 Å². The maximum Gasteiger partial charge on any atom is 0.272 e. The highest BCUT2D eigenvalue weighted by molar-refractivity contribution is 6.01. The standard InChI is InChI=1S/C28H29N3O5/c1-17-12-18(2)26-21(13-17)23(32)16-28(36-26)8-10-31(11-9-28)27(34)22-15-25(33)30-24(29-22)14-19-4-6-20(35-3)7-5-19/h4-7,12-13,15H,8-11,14,16H2,1-3H3,(H,29,30,33). The van der Waals surface area contributed by atoms with Gasteiger partial charge in [0.1, 0.15) is 28.6 Å². The van der Waals surface area contributed by atoms with Gasteiger partial charge in [-0.2, -0.15) is 0 Å². The van der Waals surface area contributed by atoms with Gasteiger partial charge >= 0.3 is 0 Å². The summed E-state index contributed by atoms with van der Waals surface area (Å²) in [7, 11) is 1.60. The van der Waals surface area contributed by atoms with Gasteiger partial charge in [-0.3, -0.25) is 14.4 Å². The Labute approximate surface area is 209 Å². The zero-order chi connectivity index (χ0) is 25.4. The van der Waals surface area contributed by atoms with Crippen molar-refractivity contribution < 1.29 is 19.1 Å². The summed E-state index contributed by atoms with van der Waals surface area (Å²) in [6.07, 6.45) is 1.77. The van der Waals surface area contributed by atoms with Gasteiger partial charge in [-0.15, -0.1) is 0 Å². The average molecular weight is 488 g/mol. The number of piperidine rings is 1. The van der Waals surface area contributed by atoms with Crippen molar-refractivity contribution in [1.82, 2.24) is 14.9 Å². The zero-order valence-electron chi connectivity index (χ0n) is 20.7. The van der Waals surface area contributed by atoms with Crippen molar-refractivity contribution in [3.05, 3.63) is 86.6 Å². The summed E-state index contributed by atoms with van der Waals surface area (Å²) in [6.45, 7) is 4.78. The normalized spacial score (nSPS) is 16.4. The molecule has 0 saturated carbocycles. The van der Waals surface area contributed by atoms with E-state index in [0.29, 0.717) is 55.9 Å². The number of benzene rings is 2. The molecular weight excluding hydrogens is 458 g/mol. The molecule has 8 heteroatoms. The summed E-state index contributed by atoms with van der Waals surface area (Å²) in [6, 6.07) is 12.6. The SMILES string of the molecule is COc1ccc(Cc2nc(C(=O)N3CCC4(CC3)CC(=O)c3cc(C)cc(C)c3O4)cc(=O)[nH]2)cc1. The quantitative estimate of drug-likeness (QED) is 0.603. The molecule has 1 saturated heterocycles. The van der Waals surface area contributed by atoms with Crippen LogP contribution in [0, 0.1) is 13.8 Å². The molecule has 1 fully saturated rings. The van der Waals surface area contributed by atoms with Gasteiger partial charge < -0.3 is 19.4 Å². The number of methoxy groups -OCH3 is 1. The molecule has 3 heterocycles. The van der Waals surface area contributed by atoms with E-state index >= 15 is 0 Å². The van der Waals surface area contributed by atoms with Gasteiger partial charge in [0.2, 0.25) is 0 Å². The van der Waals surface area contributed by atoms with Crippen molar-refractivity contribution in [3.63, 3.8) is 0 Å². The van der Waals surface area contributed by atoms with Gasteiger partial charge in [-0.25, -0.2) is 4.98 Å². The predicted octanol–water partition coefficient (Wildman–Crippen LogP) is 3.63. The summed E-state index contributed by atoms with van der Waals surface area (Å²) < 4.78 is 11.6. The van der Waals surface area contributed by atoms with Crippen LogP contribution in [0.1, 0.15) is 62.6 Å². The smallest absolute Gasteiger partial charge is 0.272 e. The number of carbonyl (C=O) groups excluding carboxylic acids is 2. The number of nitrogens with one attached hydrogen (secondary N) is 1. The molecule has 1 aromatic heterocycles. The first-order valence-corrected chi connectivity index (χ1v) is 12.1. The Balaban J connectivity index is 1.29. The molecule has 2 aliphatic heterocycles. The molecule has 0 atom stereocenters. The van der Waals surface area contributed by atoms with Crippen molar-refractivity contribution in [3.8, 4) is 11.5 Å². The number of nitrogens with zero attached hydrogens (tertiary/aromatic N) is 2. The van der Waals surface area contributed by atoms with Crippen LogP contribution >= 0.6 is 0 Å². The fourth-order valence-corrected chi connectivity index (χ4v) is 5.13. The van der Waals surface area contributed by atoms with E-state index in [9.17, 15) is 14.4 Å². The Morgan fingerprint density at radius 2 is 1.83 bits per heavy atom. The molecule has 1 amide bonds. The number of aromatic amines is 1. The molecule has 1 N–H and O–H groups in total. The van der Waals surface area contributed by atoms with E-state index in [1.807, 2.05) is 50.2 Å². The first-order chi connectivity index (χ1) is 17.2. The van der Waals surface area contributed by atoms with Crippen molar-refractivity contribution >= 4 is 11.7 Å².